The minimum absolute atomic E-state index is 0. The fourth-order valence-electron chi connectivity index (χ4n) is 10.4. The second kappa shape index (κ2) is 37.2. The first kappa shape index (κ1) is 71.9. The molecule has 97 heavy (non-hydrogen) atoms. The van der Waals surface area contributed by atoms with Crippen LogP contribution in [-0.4, -0.2) is 16.2 Å². The summed E-state index contributed by atoms with van der Waals surface area (Å²) in [6, 6.07) is 131. The number of aromatic nitrogens is 1. The molecule has 0 amide bonds. The number of rotatable bonds is 14. The molecule has 0 aliphatic heterocycles. The molecule has 4 nitrogen and oxygen atoms in total. The van der Waals surface area contributed by atoms with E-state index in [1.807, 2.05) is 0 Å². The maximum absolute atomic E-state index is 13.4. The van der Waals surface area contributed by atoms with Crippen molar-refractivity contribution in [2.45, 2.75) is 13.1 Å². The Hall–Kier alpha value is -9.36. The van der Waals surface area contributed by atoms with Crippen LogP contribution in [0.3, 0.4) is 0 Å². The van der Waals surface area contributed by atoms with Crippen molar-refractivity contribution in [1.29, 1.82) is 0 Å². The Bertz CT molecular complexity index is 3700. The Morgan fingerprint density at radius 3 is 0.660 bits per heavy atom. The number of carboxylic acids is 1. The molecule has 0 saturated carbocycles. The van der Waals surface area contributed by atoms with Crippen LogP contribution in [0.4, 0.5) is 17.6 Å². The molecule has 484 valence electrons. The van der Waals surface area contributed by atoms with Crippen molar-refractivity contribution in [1.82, 2.24) is 5.16 Å². The zero-order valence-corrected chi connectivity index (χ0v) is 57.8. The summed E-state index contributed by atoms with van der Waals surface area (Å²) in [5.41, 5.74) is -1.69. The summed E-state index contributed by atoms with van der Waals surface area (Å²) in [4.78, 5) is 10.8. The van der Waals surface area contributed by atoms with Gasteiger partial charge >= 0.3 is 12.1 Å². The van der Waals surface area contributed by atoms with Crippen molar-refractivity contribution in [3.8, 4) is 11.3 Å². The third kappa shape index (κ3) is 20.4. The fourth-order valence-corrected chi connectivity index (χ4v) is 19.6. The van der Waals surface area contributed by atoms with Gasteiger partial charge in [0.2, 0.25) is 0 Å². The van der Waals surface area contributed by atoms with Gasteiger partial charge in [-0.05, 0) is 114 Å². The van der Waals surface area contributed by atoms with Gasteiger partial charge in [-0.25, -0.2) is 9.18 Å². The van der Waals surface area contributed by atoms with Gasteiger partial charge < -0.3 is 9.63 Å². The summed E-state index contributed by atoms with van der Waals surface area (Å²) in [6.07, 6.45) is -4.80. The van der Waals surface area contributed by atoms with Crippen LogP contribution in [0.15, 0.2) is 387 Å². The molecule has 0 atom stereocenters. The Balaban J connectivity index is 0.000000142. The Kier molecular flexibility index (Phi) is 27.6. The van der Waals surface area contributed by atoms with Gasteiger partial charge in [-0.3, -0.25) is 0 Å². The number of hydrogen-bond donors (Lipinski definition) is 1. The predicted octanol–water partition coefficient (Wildman–Crippen LogP) is 17.3. The van der Waals surface area contributed by atoms with E-state index in [0.29, 0.717) is 12.1 Å². The minimum atomic E-state index is -4.80. The van der Waals surface area contributed by atoms with Crippen LogP contribution in [-0.2, 0) is 26.6 Å². The molecule has 0 bridgehead atoms. The van der Waals surface area contributed by atoms with Crippen LogP contribution in [0, 0.1) is 12.7 Å². The summed E-state index contributed by atoms with van der Waals surface area (Å²) < 4.78 is 55.4. The maximum atomic E-state index is 13.4. The minimum Gasteiger partial charge on any atom is -0.476 e. The SMILES string of the molecule is Cc1c(C(=O)O)noc1-c1ccc(C(F)(F)F)c(F)c1.[Pd].c1ccc(P(c2ccccc2)c2ccccc2)cc1.c1ccc(P(c2ccccc2)c2ccccc2)cc1.c1ccc(P(c2ccccc2)c2ccccc2)cc1.c1ccc(P(c2ccccc2)c2ccccc2)cc1. The molecule has 0 fully saturated rings. The van der Waals surface area contributed by atoms with Crippen LogP contribution in [0.5, 0.6) is 0 Å². The molecule has 14 rings (SSSR count). The summed E-state index contributed by atoms with van der Waals surface area (Å²) in [5.74, 6) is -2.90. The van der Waals surface area contributed by atoms with Gasteiger partial charge in [-0.15, -0.1) is 0 Å². The second-order valence-electron chi connectivity index (χ2n) is 21.4. The molecule has 14 aromatic rings. The molecule has 0 unspecified atom stereocenters. The number of aromatic carboxylic acids is 1. The molecular formula is C84H67F4NO3P4Pd. The Morgan fingerprint density at radius 1 is 0.330 bits per heavy atom. The second-order valence-corrected chi connectivity index (χ2v) is 30.2. The van der Waals surface area contributed by atoms with Crippen molar-refractivity contribution >= 4 is 101 Å². The number of nitrogens with zero attached hydrogens (tertiary/aromatic N) is 1. The Labute approximate surface area is 584 Å². The quantitative estimate of drug-likeness (QED) is 0.0669. The molecule has 13 aromatic carbocycles. The fraction of sp³-hybridized carbons (Fsp3) is 0.0238. The first-order chi connectivity index (χ1) is 47.0. The van der Waals surface area contributed by atoms with Gasteiger partial charge in [0.15, 0.2) is 11.5 Å². The maximum Gasteiger partial charge on any atom is 0.419 e. The van der Waals surface area contributed by atoms with Crippen molar-refractivity contribution in [3.63, 3.8) is 0 Å². The standard InChI is InChI=1S/4C18H15P.C12H7F4NO3.Pd/c4*1-4-10-16(11-5-1)19(17-12-6-2-7-13-17)18-14-8-3-9-15-18;1-5-9(11(18)19)17-20-10(5)6-2-3-7(8(13)4-6)12(14,15)16;/h4*1-15H;2-4H,1H3,(H,18,19);. The van der Waals surface area contributed by atoms with Gasteiger partial charge in [0, 0.05) is 31.5 Å². The predicted molar refractivity (Wildman–Crippen MR) is 399 cm³/mol. The molecule has 0 spiro atoms. The third-order valence-electron chi connectivity index (χ3n) is 14.8. The number of hydrogen-bond acceptors (Lipinski definition) is 3. The van der Waals surface area contributed by atoms with E-state index in [0.717, 1.165) is 6.07 Å². The van der Waals surface area contributed by atoms with Gasteiger partial charge in [0.05, 0.1) is 5.56 Å². The number of carbonyl (C=O) groups is 1. The molecule has 0 aliphatic carbocycles. The summed E-state index contributed by atoms with van der Waals surface area (Å²) in [5, 5.41) is 28.8. The number of halogens is 4. The molecule has 1 heterocycles. The normalized spacial score (nSPS) is 10.7. The topological polar surface area (TPSA) is 63.3 Å². The molecule has 0 aliphatic rings. The number of benzene rings is 13. The van der Waals surface area contributed by atoms with E-state index in [1.165, 1.54) is 70.6 Å². The van der Waals surface area contributed by atoms with E-state index in [4.69, 9.17) is 9.63 Å². The molecular weight excluding hydrogens is 1380 g/mol. The smallest absolute Gasteiger partial charge is 0.419 e. The number of carboxylic acid groups (broad SMARTS) is 1. The van der Waals surface area contributed by atoms with Crippen molar-refractivity contribution in [2.75, 3.05) is 0 Å². The Morgan fingerprint density at radius 2 is 0.515 bits per heavy atom. The van der Waals surface area contributed by atoms with Crippen molar-refractivity contribution < 1.29 is 52.4 Å². The largest absolute Gasteiger partial charge is 0.476 e. The van der Waals surface area contributed by atoms with Gasteiger partial charge in [0.1, 0.15) is 5.82 Å². The summed E-state index contributed by atoms with van der Waals surface area (Å²) in [7, 11) is -1.78. The third-order valence-corrected chi connectivity index (χ3v) is 24.6. The zero-order chi connectivity index (χ0) is 66.7. The monoisotopic (exact) mass is 1440 g/mol. The van der Waals surface area contributed by atoms with Crippen LogP contribution in [0.2, 0.25) is 0 Å². The van der Waals surface area contributed by atoms with Gasteiger partial charge in [-0.2, -0.15) is 13.2 Å². The zero-order valence-electron chi connectivity index (χ0n) is 52.7. The number of alkyl halides is 3. The van der Waals surface area contributed by atoms with E-state index >= 15 is 0 Å². The van der Waals surface area contributed by atoms with E-state index in [2.05, 4.69) is 369 Å². The van der Waals surface area contributed by atoms with Crippen molar-refractivity contribution in [3.05, 3.63) is 405 Å². The molecule has 13 heteroatoms. The first-order valence-corrected chi connectivity index (χ1v) is 36.3. The van der Waals surface area contributed by atoms with Gasteiger partial charge in [-0.1, -0.05) is 375 Å². The summed E-state index contributed by atoms with van der Waals surface area (Å²) >= 11 is 0. The molecule has 1 aromatic heterocycles. The van der Waals surface area contributed by atoms with E-state index in [9.17, 15) is 22.4 Å². The molecule has 0 saturated heterocycles. The van der Waals surface area contributed by atoms with Crippen LogP contribution >= 0.6 is 31.7 Å². The first-order valence-electron chi connectivity index (χ1n) is 30.9. The molecule has 1 N–H and O–H groups in total. The molecule has 0 radical (unpaired) electrons. The van der Waals surface area contributed by atoms with E-state index in [-0.39, 0.29) is 43.0 Å². The average Bonchev–Trinajstić information content (AvgIpc) is 1.62. The van der Waals surface area contributed by atoms with Crippen LogP contribution in [0.25, 0.3) is 11.3 Å². The van der Waals surface area contributed by atoms with Crippen LogP contribution < -0.4 is 63.7 Å². The average molecular weight is 1440 g/mol. The van der Waals surface area contributed by atoms with E-state index in [1.54, 1.807) is 0 Å². The van der Waals surface area contributed by atoms with Crippen LogP contribution in [0.1, 0.15) is 21.6 Å². The van der Waals surface area contributed by atoms with E-state index < -0.39 is 55.2 Å². The van der Waals surface area contributed by atoms with Crippen molar-refractivity contribution in [2.24, 2.45) is 0 Å². The summed E-state index contributed by atoms with van der Waals surface area (Å²) in [6.45, 7) is 1.37. The van der Waals surface area contributed by atoms with Gasteiger partial charge in [0.25, 0.3) is 0 Å².